The van der Waals surface area contributed by atoms with E-state index in [0.29, 0.717) is 28.7 Å². The monoisotopic (exact) mass is 327 g/mol. The third-order valence-corrected chi connectivity index (χ3v) is 2.92. The molecule has 0 aliphatic heterocycles. The number of amides is 1. The van der Waals surface area contributed by atoms with Crippen molar-refractivity contribution in [2.45, 2.75) is 20.0 Å². The van der Waals surface area contributed by atoms with E-state index in [4.69, 9.17) is 31.5 Å². The highest BCUT2D eigenvalue weighted by Crippen LogP contribution is 2.36. The quantitative estimate of drug-likeness (QED) is 0.612. The highest BCUT2D eigenvalue weighted by molar-refractivity contribution is 6.32. The topological polar surface area (TPSA) is 87.9 Å². The smallest absolute Gasteiger partial charge is 0.331 e. The number of methoxy groups -OCH3 is 1. The number of rotatable bonds is 7. The molecule has 1 atom stereocenters. The molecular formula is C15H18ClNO5. The highest BCUT2D eigenvalue weighted by Gasteiger charge is 2.13. The van der Waals surface area contributed by atoms with E-state index in [2.05, 4.69) is 0 Å². The fourth-order valence-corrected chi connectivity index (χ4v) is 1.88. The van der Waals surface area contributed by atoms with Crippen LogP contribution in [-0.4, -0.2) is 31.7 Å². The Morgan fingerprint density at radius 1 is 1.41 bits per heavy atom. The van der Waals surface area contributed by atoms with Gasteiger partial charge in [0.1, 0.15) is 0 Å². The van der Waals surface area contributed by atoms with Gasteiger partial charge in [-0.1, -0.05) is 11.6 Å². The fourth-order valence-electron chi connectivity index (χ4n) is 1.58. The Bertz CT molecular complexity index is 586. The molecule has 0 saturated carbocycles. The van der Waals surface area contributed by atoms with Crippen molar-refractivity contribution < 1.29 is 23.8 Å². The van der Waals surface area contributed by atoms with Crippen molar-refractivity contribution in [3.8, 4) is 11.5 Å². The van der Waals surface area contributed by atoms with E-state index >= 15 is 0 Å². The van der Waals surface area contributed by atoms with Crippen molar-refractivity contribution in [3.63, 3.8) is 0 Å². The Kier molecular flexibility index (Phi) is 6.72. The molecule has 0 fully saturated rings. The number of ether oxygens (including phenoxy) is 3. The molecular weight excluding hydrogens is 310 g/mol. The Morgan fingerprint density at radius 2 is 2.09 bits per heavy atom. The number of benzene rings is 1. The number of carbonyl (C=O) groups excluding carboxylic acids is 2. The van der Waals surface area contributed by atoms with Gasteiger partial charge >= 0.3 is 5.97 Å². The van der Waals surface area contributed by atoms with Gasteiger partial charge in [0.15, 0.2) is 17.6 Å². The van der Waals surface area contributed by atoms with Crippen LogP contribution in [0.25, 0.3) is 6.08 Å². The Balaban J connectivity index is 2.91. The van der Waals surface area contributed by atoms with E-state index in [0.717, 1.165) is 0 Å². The second kappa shape index (κ2) is 8.29. The van der Waals surface area contributed by atoms with Crippen LogP contribution in [0.5, 0.6) is 11.5 Å². The van der Waals surface area contributed by atoms with E-state index in [1.165, 1.54) is 26.2 Å². The summed E-state index contributed by atoms with van der Waals surface area (Å²) in [5.41, 5.74) is 5.63. The summed E-state index contributed by atoms with van der Waals surface area (Å²) in [4.78, 5) is 22.4. The molecule has 6 nitrogen and oxygen atoms in total. The van der Waals surface area contributed by atoms with E-state index in [-0.39, 0.29) is 0 Å². The molecule has 7 heteroatoms. The number of esters is 1. The molecule has 120 valence electrons. The lowest BCUT2D eigenvalue weighted by Crippen LogP contribution is -2.29. The van der Waals surface area contributed by atoms with Gasteiger partial charge in [0, 0.05) is 6.08 Å². The van der Waals surface area contributed by atoms with Gasteiger partial charge in [-0.3, -0.25) is 4.79 Å². The second-order valence-corrected chi connectivity index (χ2v) is 4.69. The van der Waals surface area contributed by atoms with Crippen molar-refractivity contribution in [2.24, 2.45) is 5.73 Å². The van der Waals surface area contributed by atoms with Crippen LogP contribution in [-0.2, 0) is 14.3 Å². The largest absolute Gasteiger partial charge is 0.491 e. The lowest BCUT2D eigenvalue weighted by atomic mass is 10.2. The summed E-state index contributed by atoms with van der Waals surface area (Å²) < 4.78 is 15.4. The van der Waals surface area contributed by atoms with Gasteiger partial charge in [-0.25, -0.2) is 4.79 Å². The van der Waals surface area contributed by atoms with Crippen LogP contribution in [0.2, 0.25) is 5.02 Å². The lowest BCUT2D eigenvalue weighted by molar-refractivity contribution is -0.148. The average molecular weight is 328 g/mol. The van der Waals surface area contributed by atoms with Crippen molar-refractivity contribution >= 4 is 29.6 Å². The minimum atomic E-state index is -0.990. The average Bonchev–Trinajstić information content (AvgIpc) is 2.45. The summed E-state index contributed by atoms with van der Waals surface area (Å²) in [5.74, 6) is -0.509. The fraction of sp³-hybridized carbons (Fsp3) is 0.333. The minimum Gasteiger partial charge on any atom is -0.491 e. The summed E-state index contributed by atoms with van der Waals surface area (Å²) >= 11 is 6.10. The number of hydrogen-bond acceptors (Lipinski definition) is 5. The Labute approximate surface area is 133 Å². The molecule has 1 aromatic carbocycles. The zero-order chi connectivity index (χ0) is 16.7. The predicted octanol–water partition coefficient (Wildman–Crippen LogP) is 2.18. The number of halogens is 1. The van der Waals surface area contributed by atoms with E-state index in [1.54, 1.807) is 12.1 Å². The summed E-state index contributed by atoms with van der Waals surface area (Å²) in [6.45, 7) is 3.67. The van der Waals surface area contributed by atoms with Crippen LogP contribution >= 0.6 is 11.6 Å². The van der Waals surface area contributed by atoms with Gasteiger partial charge in [0.05, 0.1) is 18.7 Å². The van der Waals surface area contributed by atoms with Gasteiger partial charge < -0.3 is 19.9 Å². The zero-order valence-electron chi connectivity index (χ0n) is 12.6. The van der Waals surface area contributed by atoms with Gasteiger partial charge in [0.25, 0.3) is 5.91 Å². The predicted molar refractivity (Wildman–Crippen MR) is 83.0 cm³/mol. The summed E-state index contributed by atoms with van der Waals surface area (Å²) in [6.07, 6.45) is 1.67. The lowest BCUT2D eigenvalue weighted by Gasteiger charge is -2.11. The second-order valence-electron chi connectivity index (χ2n) is 4.28. The number of primary amides is 1. The van der Waals surface area contributed by atoms with Crippen LogP contribution in [0.3, 0.4) is 0 Å². The molecule has 2 N–H and O–H groups in total. The van der Waals surface area contributed by atoms with Crippen molar-refractivity contribution in [1.29, 1.82) is 0 Å². The molecule has 0 aliphatic rings. The summed E-state index contributed by atoms with van der Waals surface area (Å²) in [6, 6.07) is 3.29. The first-order valence-corrected chi connectivity index (χ1v) is 6.95. The first-order valence-electron chi connectivity index (χ1n) is 6.57. The Hall–Kier alpha value is -2.21. The summed E-state index contributed by atoms with van der Waals surface area (Å²) in [7, 11) is 1.49. The molecule has 22 heavy (non-hydrogen) atoms. The van der Waals surface area contributed by atoms with Gasteiger partial charge in [0.2, 0.25) is 0 Å². The van der Waals surface area contributed by atoms with Crippen molar-refractivity contribution in [1.82, 2.24) is 0 Å². The van der Waals surface area contributed by atoms with Gasteiger partial charge in [-0.15, -0.1) is 0 Å². The number of nitrogens with two attached hydrogens (primary N) is 1. The third-order valence-electron chi connectivity index (χ3n) is 2.64. The zero-order valence-corrected chi connectivity index (χ0v) is 13.3. The van der Waals surface area contributed by atoms with Gasteiger partial charge in [-0.05, 0) is 37.6 Å². The molecule has 0 unspecified atom stereocenters. The molecule has 1 aromatic rings. The van der Waals surface area contributed by atoms with E-state index in [9.17, 15) is 9.59 Å². The first-order chi connectivity index (χ1) is 10.4. The van der Waals surface area contributed by atoms with E-state index < -0.39 is 18.0 Å². The molecule has 0 saturated heterocycles. The molecule has 0 spiro atoms. The van der Waals surface area contributed by atoms with Crippen molar-refractivity contribution in [2.75, 3.05) is 13.7 Å². The molecule has 0 radical (unpaired) electrons. The van der Waals surface area contributed by atoms with Gasteiger partial charge in [-0.2, -0.15) is 0 Å². The van der Waals surface area contributed by atoms with Crippen molar-refractivity contribution in [3.05, 3.63) is 28.8 Å². The molecule has 0 aromatic heterocycles. The maximum Gasteiger partial charge on any atom is 0.331 e. The summed E-state index contributed by atoms with van der Waals surface area (Å²) in [5, 5.41) is 0.354. The molecule has 1 amide bonds. The van der Waals surface area contributed by atoms with E-state index in [1.807, 2.05) is 6.92 Å². The van der Waals surface area contributed by atoms with Crippen LogP contribution < -0.4 is 15.2 Å². The highest BCUT2D eigenvalue weighted by atomic mass is 35.5. The minimum absolute atomic E-state index is 0.354. The maximum absolute atomic E-state index is 11.5. The molecule has 1 rings (SSSR count). The Morgan fingerprint density at radius 3 is 2.64 bits per heavy atom. The van der Waals surface area contributed by atoms with Crippen LogP contribution in [0.1, 0.15) is 19.4 Å². The van der Waals surface area contributed by atoms with Crippen LogP contribution in [0.4, 0.5) is 0 Å². The SMILES string of the molecule is CCOc1cc(/C=C/C(=O)O[C@@H](C)C(N)=O)cc(Cl)c1OC. The number of carbonyl (C=O) groups is 2. The number of hydrogen-bond donors (Lipinski definition) is 1. The molecule has 0 aliphatic carbocycles. The molecule has 0 bridgehead atoms. The third kappa shape index (κ3) is 4.96. The van der Waals surface area contributed by atoms with Crippen LogP contribution in [0.15, 0.2) is 18.2 Å². The first kappa shape index (κ1) is 17.8. The maximum atomic E-state index is 11.5. The van der Waals surface area contributed by atoms with Crippen LogP contribution in [0, 0.1) is 0 Å². The standard InChI is InChI=1S/C15H18ClNO5/c1-4-21-12-8-10(7-11(16)14(12)20-3)5-6-13(18)22-9(2)15(17)19/h5-9H,4H2,1-3H3,(H2,17,19)/b6-5+/t9-/m0/s1. The molecule has 0 heterocycles. The normalized spacial score (nSPS) is 12.0.